The fraction of sp³-hybridized carbons (Fsp3) is 0.857. The van der Waals surface area contributed by atoms with Gasteiger partial charge in [0.05, 0.1) is 12.2 Å². The van der Waals surface area contributed by atoms with E-state index < -0.39 is 0 Å². The fourth-order valence-electron chi connectivity index (χ4n) is 1.10. The molecular weight excluding hydrogens is 100 g/mol. The molecule has 47 valence electrons. The molecule has 1 radical (unpaired) electrons. The van der Waals surface area contributed by atoms with E-state index in [1.165, 1.54) is 25.4 Å². The summed E-state index contributed by atoms with van der Waals surface area (Å²) in [5.74, 6) is 0. The highest BCUT2D eigenvalue weighted by atomic mass is 16.5. The zero-order valence-corrected chi connectivity index (χ0v) is 5.61. The molecule has 1 aliphatic rings. The van der Waals surface area contributed by atoms with Crippen molar-refractivity contribution in [2.24, 2.45) is 0 Å². The van der Waals surface area contributed by atoms with Gasteiger partial charge in [-0.25, -0.2) is 0 Å². The molecule has 0 aromatic carbocycles. The largest absolute Gasteiger partial charge is 0.369 e. The van der Waals surface area contributed by atoms with E-state index in [9.17, 15) is 0 Å². The van der Waals surface area contributed by atoms with Gasteiger partial charge in [0.2, 0.25) is 0 Å². The summed E-state index contributed by atoms with van der Waals surface area (Å²) in [6, 6.07) is 0. The molecule has 1 heteroatoms. The zero-order valence-electron chi connectivity index (χ0n) is 5.61. The highest BCUT2D eigenvalue weighted by Crippen LogP contribution is 2.22. The molecule has 8 heavy (non-hydrogen) atoms. The molecule has 0 bridgehead atoms. The van der Waals surface area contributed by atoms with E-state index in [2.05, 4.69) is 13.8 Å². The quantitative estimate of drug-likeness (QED) is 0.467. The third-order valence-electron chi connectivity index (χ3n) is 1.54. The Bertz CT molecular complexity index is 62.8. The van der Waals surface area contributed by atoms with Crippen molar-refractivity contribution in [1.29, 1.82) is 0 Å². The van der Waals surface area contributed by atoms with Gasteiger partial charge in [0.1, 0.15) is 0 Å². The number of rotatable bonds is 0. The molecule has 1 saturated heterocycles. The summed E-state index contributed by atoms with van der Waals surface area (Å²) in [5.41, 5.74) is 0. The first-order chi connectivity index (χ1) is 3.79. The van der Waals surface area contributed by atoms with E-state index in [0.29, 0.717) is 6.10 Å². The van der Waals surface area contributed by atoms with Crippen LogP contribution in [-0.2, 0) is 4.74 Å². The van der Waals surface area contributed by atoms with Gasteiger partial charge >= 0.3 is 0 Å². The van der Waals surface area contributed by atoms with Crippen molar-refractivity contribution in [2.45, 2.75) is 39.2 Å². The maximum absolute atomic E-state index is 5.40. The summed E-state index contributed by atoms with van der Waals surface area (Å²) in [6.45, 7) is 4.19. The van der Waals surface area contributed by atoms with E-state index in [4.69, 9.17) is 4.74 Å². The lowest BCUT2D eigenvalue weighted by Crippen LogP contribution is -2.16. The molecule has 1 fully saturated rings. The van der Waals surface area contributed by atoms with Gasteiger partial charge in [-0.05, 0) is 33.1 Å². The van der Waals surface area contributed by atoms with Crippen molar-refractivity contribution in [2.75, 3.05) is 0 Å². The molecule has 0 N–H and O–H groups in total. The Kier molecular flexibility index (Phi) is 1.90. The van der Waals surface area contributed by atoms with Crippen LogP contribution in [0.4, 0.5) is 0 Å². The molecule has 0 saturated carbocycles. The Morgan fingerprint density at radius 2 is 2.38 bits per heavy atom. The van der Waals surface area contributed by atoms with Crippen LogP contribution in [0.15, 0.2) is 0 Å². The van der Waals surface area contributed by atoms with Crippen molar-refractivity contribution in [1.82, 2.24) is 0 Å². The predicted molar refractivity (Wildman–Crippen MR) is 33.3 cm³/mol. The van der Waals surface area contributed by atoms with Crippen molar-refractivity contribution < 1.29 is 4.74 Å². The Labute approximate surface area is 51.0 Å². The predicted octanol–water partition coefficient (Wildman–Crippen LogP) is 2.13. The molecule has 1 aliphatic heterocycles. The van der Waals surface area contributed by atoms with Crippen LogP contribution in [-0.4, -0.2) is 6.10 Å². The average molecular weight is 113 g/mol. The van der Waals surface area contributed by atoms with Gasteiger partial charge < -0.3 is 4.74 Å². The average Bonchev–Trinajstić information content (AvgIpc) is 1.64. The van der Waals surface area contributed by atoms with Gasteiger partial charge in [0.15, 0.2) is 0 Å². The van der Waals surface area contributed by atoms with Crippen LogP contribution in [0.25, 0.3) is 0 Å². The Morgan fingerprint density at radius 3 is 2.75 bits per heavy atom. The van der Waals surface area contributed by atoms with Gasteiger partial charge in [-0.1, -0.05) is 0 Å². The van der Waals surface area contributed by atoms with Crippen molar-refractivity contribution >= 4 is 0 Å². The van der Waals surface area contributed by atoms with Crippen molar-refractivity contribution in [3.05, 3.63) is 6.10 Å². The summed E-state index contributed by atoms with van der Waals surface area (Å²) in [7, 11) is 0. The summed E-state index contributed by atoms with van der Waals surface area (Å²) >= 11 is 0. The standard InChI is InChI=1S/C7H13O/c1-6-4-3-5-7(2)8-6/h6H,3-5H2,1-2H3. The van der Waals surface area contributed by atoms with Crippen LogP contribution < -0.4 is 0 Å². The van der Waals surface area contributed by atoms with Crippen LogP contribution in [0, 0.1) is 6.10 Å². The molecule has 0 amide bonds. The minimum atomic E-state index is 0.476. The van der Waals surface area contributed by atoms with Gasteiger partial charge in [-0.15, -0.1) is 0 Å². The lowest BCUT2D eigenvalue weighted by atomic mass is 10.1. The lowest BCUT2D eigenvalue weighted by molar-refractivity contribution is 0.0385. The zero-order chi connectivity index (χ0) is 5.98. The van der Waals surface area contributed by atoms with E-state index in [1.807, 2.05) is 0 Å². The minimum absolute atomic E-state index is 0.476. The van der Waals surface area contributed by atoms with Gasteiger partial charge in [0, 0.05) is 0 Å². The highest BCUT2D eigenvalue weighted by Gasteiger charge is 2.14. The van der Waals surface area contributed by atoms with Crippen LogP contribution in [0.3, 0.4) is 0 Å². The Hall–Kier alpha value is -0.0400. The maximum atomic E-state index is 5.40. The molecule has 0 spiro atoms. The second-order valence-corrected chi connectivity index (χ2v) is 2.52. The van der Waals surface area contributed by atoms with E-state index >= 15 is 0 Å². The first kappa shape index (κ1) is 6.09. The second-order valence-electron chi connectivity index (χ2n) is 2.52. The van der Waals surface area contributed by atoms with Gasteiger partial charge in [0.25, 0.3) is 0 Å². The molecule has 0 aromatic heterocycles. The third kappa shape index (κ3) is 1.48. The smallest absolute Gasteiger partial charge is 0.0943 e. The summed E-state index contributed by atoms with van der Waals surface area (Å²) in [4.78, 5) is 0. The van der Waals surface area contributed by atoms with Crippen molar-refractivity contribution in [3.63, 3.8) is 0 Å². The monoisotopic (exact) mass is 113 g/mol. The second kappa shape index (κ2) is 2.49. The summed E-state index contributed by atoms with van der Waals surface area (Å²) < 4.78 is 5.40. The van der Waals surface area contributed by atoms with Gasteiger partial charge in [-0.2, -0.15) is 0 Å². The molecule has 1 heterocycles. The van der Waals surface area contributed by atoms with E-state index in [0.717, 1.165) is 0 Å². The molecule has 0 aromatic rings. The van der Waals surface area contributed by atoms with Crippen molar-refractivity contribution in [3.8, 4) is 0 Å². The molecule has 1 rings (SSSR count). The molecule has 1 unspecified atom stereocenters. The van der Waals surface area contributed by atoms with Crippen LogP contribution in [0.5, 0.6) is 0 Å². The number of hydrogen-bond acceptors (Lipinski definition) is 1. The molecule has 1 atom stereocenters. The fourth-order valence-corrected chi connectivity index (χ4v) is 1.10. The number of ether oxygens (including phenoxy) is 1. The molecule has 0 aliphatic carbocycles. The first-order valence-electron chi connectivity index (χ1n) is 3.28. The SMILES string of the molecule is C[C]1CCCC(C)O1. The van der Waals surface area contributed by atoms with Crippen LogP contribution >= 0.6 is 0 Å². The van der Waals surface area contributed by atoms with Crippen LogP contribution in [0.1, 0.15) is 33.1 Å². The van der Waals surface area contributed by atoms with E-state index in [1.54, 1.807) is 0 Å². The highest BCUT2D eigenvalue weighted by molar-refractivity contribution is 4.77. The number of hydrogen-bond donors (Lipinski definition) is 0. The van der Waals surface area contributed by atoms with Gasteiger partial charge in [-0.3, -0.25) is 0 Å². The Balaban J connectivity index is 2.23. The maximum Gasteiger partial charge on any atom is 0.0943 e. The molecule has 1 nitrogen and oxygen atoms in total. The molecular formula is C7H13O. The summed E-state index contributed by atoms with van der Waals surface area (Å²) in [6.07, 6.45) is 5.40. The normalized spacial score (nSPS) is 33.0. The third-order valence-corrected chi connectivity index (χ3v) is 1.54. The topological polar surface area (TPSA) is 9.23 Å². The van der Waals surface area contributed by atoms with E-state index in [-0.39, 0.29) is 0 Å². The summed E-state index contributed by atoms with van der Waals surface area (Å²) in [5, 5.41) is 0. The van der Waals surface area contributed by atoms with Crippen LogP contribution in [0.2, 0.25) is 0 Å². The lowest BCUT2D eigenvalue weighted by Gasteiger charge is -2.23. The minimum Gasteiger partial charge on any atom is -0.369 e. The Morgan fingerprint density at radius 1 is 1.62 bits per heavy atom. The first-order valence-corrected chi connectivity index (χ1v) is 3.28.